The number of nitrogens with two attached hydrogens (primary N) is 2. The van der Waals surface area contributed by atoms with Gasteiger partial charge in [0.15, 0.2) is 0 Å². The van der Waals surface area contributed by atoms with E-state index in [4.69, 9.17) is 11.5 Å². The Labute approximate surface area is 136 Å². The smallest absolute Gasteiger partial charge is 0.369 e. The van der Waals surface area contributed by atoms with Crippen molar-refractivity contribution in [1.82, 2.24) is 0 Å². The van der Waals surface area contributed by atoms with E-state index in [-0.39, 0.29) is 18.3 Å². The van der Waals surface area contributed by atoms with Crippen LogP contribution in [0.5, 0.6) is 0 Å². The lowest BCUT2D eigenvalue weighted by Crippen LogP contribution is -2.52. The second-order valence-electron chi connectivity index (χ2n) is 6.55. The molecule has 1 aromatic carbocycles. The first-order chi connectivity index (χ1) is 11.2. The highest BCUT2D eigenvalue weighted by Crippen LogP contribution is 2.57. The van der Waals surface area contributed by atoms with Gasteiger partial charge in [0, 0.05) is 0 Å². The molecule has 4 N–H and O–H groups in total. The molecular formula is C17H17F3N2O2. The standard InChI is InChI=1S/C17H17F3N2O2/c18-17(19,20)12-3-1-2-9(6-12)8-16(15(22)24)11-5-4-10(7-11)13(16)14(21)23/h1-6,10-11,13H,7-8H2,(H2,21,23)(H2,22,24). The van der Waals surface area contributed by atoms with E-state index in [2.05, 4.69) is 0 Å². The minimum atomic E-state index is -4.48. The lowest BCUT2D eigenvalue weighted by molar-refractivity contribution is -0.140. The zero-order chi connectivity index (χ0) is 17.7. The summed E-state index contributed by atoms with van der Waals surface area (Å²) in [6.45, 7) is 0. The van der Waals surface area contributed by atoms with Crippen LogP contribution < -0.4 is 11.5 Å². The minimum absolute atomic E-state index is 0.0363. The van der Waals surface area contributed by atoms with Crippen LogP contribution in [0.15, 0.2) is 36.4 Å². The van der Waals surface area contributed by atoms with Gasteiger partial charge in [0.05, 0.1) is 16.9 Å². The Morgan fingerprint density at radius 3 is 2.50 bits per heavy atom. The molecule has 1 aromatic rings. The number of benzene rings is 1. The fourth-order valence-electron chi connectivity index (χ4n) is 4.29. The van der Waals surface area contributed by atoms with Crippen molar-refractivity contribution in [3.63, 3.8) is 0 Å². The Bertz CT molecular complexity index is 729. The summed E-state index contributed by atoms with van der Waals surface area (Å²) in [5.74, 6) is -2.60. The van der Waals surface area contributed by atoms with Gasteiger partial charge >= 0.3 is 6.18 Å². The molecule has 4 nitrogen and oxygen atoms in total. The quantitative estimate of drug-likeness (QED) is 0.823. The van der Waals surface area contributed by atoms with Crippen molar-refractivity contribution in [1.29, 1.82) is 0 Å². The summed E-state index contributed by atoms with van der Waals surface area (Å²) >= 11 is 0. The van der Waals surface area contributed by atoms with Gasteiger partial charge in [-0.15, -0.1) is 0 Å². The van der Waals surface area contributed by atoms with Gasteiger partial charge in [-0.05, 0) is 36.3 Å². The molecule has 0 spiro atoms. The molecule has 2 aliphatic rings. The minimum Gasteiger partial charge on any atom is -0.369 e. The summed E-state index contributed by atoms with van der Waals surface area (Å²) in [6.07, 6.45) is -0.287. The molecule has 2 bridgehead atoms. The van der Waals surface area contributed by atoms with E-state index in [0.717, 1.165) is 12.1 Å². The zero-order valence-corrected chi connectivity index (χ0v) is 12.7. The molecule has 2 amide bonds. The molecule has 0 radical (unpaired) electrons. The SMILES string of the molecule is NC(=O)C1C2C=CC(C2)C1(Cc1cccc(C(F)(F)F)c1)C(N)=O. The van der Waals surface area contributed by atoms with Gasteiger partial charge in [0.2, 0.25) is 11.8 Å². The van der Waals surface area contributed by atoms with Gasteiger partial charge in [-0.1, -0.05) is 30.4 Å². The summed E-state index contributed by atoms with van der Waals surface area (Å²) < 4.78 is 38.7. The number of carbonyl (C=O) groups excluding carboxylic acids is 2. The molecule has 4 unspecified atom stereocenters. The summed E-state index contributed by atoms with van der Waals surface area (Å²) in [7, 11) is 0. The molecule has 0 saturated heterocycles. The predicted octanol–water partition coefficient (Wildman–Crippen LogP) is 2.03. The van der Waals surface area contributed by atoms with E-state index >= 15 is 0 Å². The van der Waals surface area contributed by atoms with Crippen molar-refractivity contribution in [2.75, 3.05) is 0 Å². The van der Waals surface area contributed by atoms with Crippen molar-refractivity contribution >= 4 is 11.8 Å². The van der Waals surface area contributed by atoms with Gasteiger partial charge in [-0.25, -0.2) is 0 Å². The van der Waals surface area contributed by atoms with Crippen molar-refractivity contribution in [3.8, 4) is 0 Å². The summed E-state index contributed by atoms with van der Waals surface area (Å²) in [5, 5.41) is 0. The maximum absolute atomic E-state index is 12.9. The first-order valence-corrected chi connectivity index (χ1v) is 7.60. The van der Waals surface area contributed by atoms with Crippen molar-refractivity contribution in [2.45, 2.75) is 19.0 Å². The molecule has 1 saturated carbocycles. The fraction of sp³-hybridized carbons (Fsp3) is 0.412. The molecule has 24 heavy (non-hydrogen) atoms. The molecule has 7 heteroatoms. The third-order valence-corrected chi connectivity index (χ3v) is 5.28. The number of halogens is 3. The second-order valence-corrected chi connectivity index (χ2v) is 6.55. The van der Waals surface area contributed by atoms with Crippen LogP contribution >= 0.6 is 0 Å². The summed E-state index contributed by atoms with van der Waals surface area (Å²) in [6, 6.07) is 4.76. The number of hydrogen-bond acceptors (Lipinski definition) is 2. The fourth-order valence-corrected chi connectivity index (χ4v) is 4.29. The average Bonchev–Trinajstić information content (AvgIpc) is 3.06. The first kappa shape index (κ1) is 16.5. The molecule has 0 aliphatic heterocycles. The van der Waals surface area contributed by atoms with Crippen LogP contribution in [-0.4, -0.2) is 11.8 Å². The van der Waals surface area contributed by atoms with E-state index in [1.165, 1.54) is 12.1 Å². The molecule has 4 atom stereocenters. The number of fused-ring (bicyclic) bond motifs is 2. The number of allylic oxidation sites excluding steroid dienone is 2. The van der Waals surface area contributed by atoms with E-state index < -0.39 is 34.9 Å². The van der Waals surface area contributed by atoms with Crippen LogP contribution in [0.4, 0.5) is 13.2 Å². The average molecular weight is 338 g/mol. The van der Waals surface area contributed by atoms with Crippen LogP contribution in [-0.2, 0) is 22.2 Å². The maximum Gasteiger partial charge on any atom is 0.416 e. The van der Waals surface area contributed by atoms with Gasteiger partial charge in [0.25, 0.3) is 0 Å². The van der Waals surface area contributed by atoms with Crippen molar-refractivity contribution in [3.05, 3.63) is 47.5 Å². The Morgan fingerprint density at radius 2 is 1.92 bits per heavy atom. The third-order valence-electron chi connectivity index (χ3n) is 5.28. The van der Waals surface area contributed by atoms with Gasteiger partial charge in [0.1, 0.15) is 0 Å². The summed E-state index contributed by atoms with van der Waals surface area (Å²) in [4.78, 5) is 24.2. The highest BCUT2D eigenvalue weighted by Gasteiger charge is 2.61. The topological polar surface area (TPSA) is 86.2 Å². The first-order valence-electron chi connectivity index (χ1n) is 7.60. The normalized spacial score (nSPS) is 31.4. The van der Waals surface area contributed by atoms with Gasteiger partial charge < -0.3 is 11.5 Å². The maximum atomic E-state index is 12.9. The predicted molar refractivity (Wildman–Crippen MR) is 80.2 cm³/mol. The molecule has 2 aliphatic carbocycles. The monoisotopic (exact) mass is 338 g/mol. The van der Waals surface area contributed by atoms with E-state index in [1.54, 1.807) is 0 Å². The molecule has 0 aromatic heterocycles. The number of alkyl halides is 3. The molecular weight excluding hydrogens is 321 g/mol. The molecule has 0 heterocycles. The largest absolute Gasteiger partial charge is 0.416 e. The van der Waals surface area contributed by atoms with Crippen LogP contribution in [0.1, 0.15) is 17.5 Å². The molecule has 1 fully saturated rings. The van der Waals surface area contributed by atoms with Crippen molar-refractivity contribution in [2.24, 2.45) is 34.6 Å². The highest BCUT2D eigenvalue weighted by atomic mass is 19.4. The highest BCUT2D eigenvalue weighted by molar-refractivity contribution is 5.91. The number of hydrogen-bond donors (Lipinski definition) is 2. The van der Waals surface area contributed by atoms with E-state index in [0.29, 0.717) is 12.0 Å². The Balaban J connectivity index is 2.03. The van der Waals surface area contributed by atoms with Gasteiger partial charge in [-0.2, -0.15) is 13.2 Å². The molecule has 3 rings (SSSR count). The number of primary amides is 2. The third kappa shape index (κ3) is 2.39. The number of carbonyl (C=O) groups is 2. The second kappa shape index (κ2) is 5.36. The lowest BCUT2D eigenvalue weighted by atomic mass is 9.64. The van der Waals surface area contributed by atoms with Crippen LogP contribution in [0.3, 0.4) is 0 Å². The lowest BCUT2D eigenvalue weighted by Gasteiger charge is -2.38. The van der Waals surface area contributed by atoms with Crippen LogP contribution in [0, 0.1) is 23.2 Å². The van der Waals surface area contributed by atoms with Crippen LogP contribution in [0.25, 0.3) is 0 Å². The van der Waals surface area contributed by atoms with E-state index in [1.807, 2.05) is 12.2 Å². The Kier molecular flexibility index (Phi) is 3.69. The van der Waals surface area contributed by atoms with Crippen molar-refractivity contribution < 1.29 is 22.8 Å². The molecule has 128 valence electrons. The summed E-state index contributed by atoms with van der Waals surface area (Å²) in [5.41, 5.74) is 9.36. The van der Waals surface area contributed by atoms with Crippen LogP contribution in [0.2, 0.25) is 0 Å². The van der Waals surface area contributed by atoms with E-state index in [9.17, 15) is 22.8 Å². The Hall–Kier alpha value is -2.31. The Morgan fingerprint density at radius 1 is 1.21 bits per heavy atom. The number of amides is 2. The van der Waals surface area contributed by atoms with Gasteiger partial charge in [-0.3, -0.25) is 9.59 Å². The number of rotatable bonds is 4. The zero-order valence-electron chi connectivity index (χ0n) is 12.7.